The summed E-state index contributed by atoms with van der Waals surface area (Å²) in [5.74, 6) is -0.408. The van der Waals surface area contributed by atoms with Crippen LogP contribution in [0.15, 0.2) is 54.0 Å². The van der Waals surface area contributed by atoms with E-state index >= 15 is 0 Å². The van der Waals surface area contributed by atoms with Gasteiger partial charge in [0.1, 0.15) is 24.1 Å². The summed E-state index contributed by atoms with van der Waals surface area (Å²) >= 11 is 0. The number of urea groups is 1. The van der Waals surface area contributed by atoms with Crippen LogP contribution in [-0.2, 0) is 19.6 Å². The second kappa shape index (κ2) is 10.1. The molecule has 1 aliphatic carbocycles. The summed E-state index contributed by atoms with van der Waals surface area (Å²) in [7, 11) is -3.71. The molecule has 3 aromatic rings. The first-order valence-electron chi connectivity index (χ1n) is 13.0. The van der Waals surface area contributed by atoms with E-state index in [-0.39, 0.29) is 21.9 Å². The van der Waals surface area contributed by atoms with Crippen LogP contribution in [0.25, 0.3) is 11.2 Å². The fraction of sp³-hybridized carbons (Fsp3) is 0.400. The molecule has 0 bridgehead atoms. The van der Waals surface area contributed by atoms with Crippen LogP contribution >= 0.6 is 0 Å². The van der Waals surface area contributed by atoms with Gasteiger partial charge in [-0.05, 0) is 25.1 Å². The number of rotatable bonds is 7. The number of nitrogens with zero attached hydrogens (tertiary/aromatic N) is 5. The van der Waals surface area contributed by atoms with Crippen molar-refractivity contribution in [2.45, 2.75) is 48.2 Å². The molecule has 3 amide bonds. The Morgan fingerprint density at radius 1 is 1.15 bits per heavy atom. The molecule has 5 N–H and O–H groups in total. The summed E-state index contributed by atoms with van der Waals surface area (Å²) in [6.45, 7) is 2.67. The van der Waals surface area contributed by atoms with Gasteiger partial charge in [0.25, 0.3) is 5.91 Å². The molecule has 2 aromatic heterocycles. The van der Waals surface area contributed by atoms with Gasteiger partial charge in [0.05, 0.1) is 17.3 Å². The van der Waals surface area contributed by atoms with Crippen molar-refractivity contribution in [2.24, 2.45) is 0 Å². The predicted octanol–water partition coefficient (Wildman–Crippen LogP) is -0.0289. The Bertz CT molecular complexity index is 1650. The smallest absolute Gasteiger partial charge is 0.324 e. The van der Waals surface area contributed by atoms with Crippen molar-refractivity contribution in [3.8, 4) is 0 Å². The Kier molecular flexibility index (Phi) is 6.74. The van der Waals surface area contributed by atoms with Gasteiger partial charge < -0.3 is 30.2 Å². The van der Waals surface area contributed by atoms with E-state index in [4.69, 9.17) is 4.74 Å². The first-order valence-corrected chi connectivity index (χ1v) is 14.4. The molecule has 1 spiro atoms. The van der Waals surface area contributed by atoms with Crippen molar-refractivity contribution in [1.29, 1.82) is 0 Å². The minimum atomic E-state index is -3.71. The van der Waals surface area contributed by atoms with E-state index in [0.717, 1.165) is 0 Å². The quantitative estimate of drug-likeness (QED) is 0.235. The number of fused-ring (bicyclic) bond motifs is 1. The number of carbonyl (C=O) groups is 2. The Hall–Kier alpha value is -3.96. The highest BCUT2D eigenvalue weighted by molar-refractivity contribution is 7.89. The molecule has 216 valence electrons. The van der Waals surface area contributed by atoms with Gasteiger partial charge in [0, 0.05) is 31.7 Å². The summed E-state index contributed by atoms with van der Waals surface area (Å²) in [5, 5.41) is 29.0. The Balaban J connectivity index is 1.17. The molecule has 1 saturated heterocycles. The number of hydrogen-bond donors (Lipinski definition) is 5. The van der Waals surface area contributed by atoms with Crippen LogP contribution in [-0.4, -0.2) is 97.9 Å². The van der Waals surface area contributed by atoms with Crippen molar-refractivity contribution in [3.05, 3.63) is 49.1 Å². The summed E-state index contributed by atoms with van der Waals surface area (Å²) in [5.41, 5.74) is -0.318. The molecule has 16 heteroatoms. The van der Waals surface area contributed by atoms with Crippen LogP contribution in [0.5, 0.6) is 0 Å². The maximum atomic E-state index is 12.9. The topological polar surface area (TPSA) is 201 Å². The standard InChI is InChI=1S/C25H28N8O7S/c1-2-26-23(36)19-18(34)20(35)25(40-19)11-16(25)33-13-29-17-21(27-12-28-22(17)33)31-24(37)30-14-6-5-7-15(10-14)41(38,39)32-8-3-4-9-32/h3-7,10,12-13,16,18-20,34-35H,2,8-9,11H2,1H3,(H,26,36)(H2,27,28,30,31,37)/t16?,18?,19-,20?,25?/m0/s1. The third kappa shape index (κ3) is 4.62. The van der Waals surface area contributed by atoms with Crippen molar-refractivity contribution in [2.75, 3.05) is 30.3 Å². The monoisotopic (exact) mass is 584 g/mol. The lowest BCUT2D eigenvalue weighted by molar-refractivity contribution is -0.136. The molecule has 2 fully saturated rings. The van der Waals surface area contributed by atoms with Crippen molar-refractivity contribution in [3.63, 3.8) is 0 Å². The summed E-state index contributed by atoms with van der Waals surface area (Å²) in [6.07, 6.45) is 2.66. The number of aliphatic hydroxyl groups excluding tert-OH is 2. The molecule has 1 saturated carbocycles. The maximum absolute atomic E-state index is 12.9. The van der Waals surface area contributed by atoms with Gasteiger partial charge in [-0.2, -0.15) is 4.31 Å². The fourth-order valence-electron chi connectivity index (χ4n) is 5.32. The summed E-state index contributed by atoms with van der Waals surface area (Å²) < 4.78 is 34.6. The lowest BCUT2D eigenvalue weighted by atomic mass is 10.1. The number of aliphatic hydroxyl groups is 2. The van der Waals surface area contributed by atoms with Gasteiger partial charge in [-0.1, -0.05) is 18.2 Å². The van der Waals surface area contributed by atoms with Gasteiger partial charge in [-0.25, -0.2) is 28.2 Å². The summed E-state index contributed by atoms with van der Waals surface area (Å²) in [4.78, 5) is 37.9. The number of ether oxygens (including phenoxy) is 1. The molecular formula is C25H28N8O7S. The Labute approximate surface area is 234 Å². The molecule has 5 atom stereocenters. The zero-order chi connectivity index (χ0) is 28.9. The molecule has 4 unspecified atom stereocenters. The van der Waals surface area contributed by atoms with Gasteiger partial charge in [-0.3, -0.25) is 10.1 Å². The molecular weight excluding hydrogens is 556 g/mol. The summed E-state index contributed by atoms with van der Waals surface area (Å²) in [6, 6.07) is 4.79. The number of aromatic nitrogens is 4. The predicted molar refractivity (Wildman–Crippen MR) is 144 cm³/mol. The molecule has 41 heavy (non-hydrogen) atoms. The van der Waals surface area contributed by atoms with E-state index in [1.165, 1.54) is 35.2 Å². The number of sulfonamides is 1. The number of nitrogens with one attached hydrogen (secondary N) is 3. The first kappa shape index (κ1) is 27.2. The average molecular weight is 585 g/mol. The van der Waals surface area contributed by atoms with E-state index in [0.29, 0.717) is 31.7 Å². The third-order valence-corrected chi connectivity index (χ3v) is 9.27. The normalized spacial score (nSPS) is 27.4. The minimum Gasteiger partial charge on any atom is -0.387 e. The zero-order valence-corrected chi connectivity index (χ0v) is 22.7. The number of carbonyl (C=O) groups excluding carboxylic acids is 2. The maximum Gasteiger partial charge on any atom is 0.324 e. The lowest BCUT2D eigenvalue weighted by Gasteiger charge is -2.16. The Morgan fingerprint density at radius 2 is 1.93 bits per heavy atom. The number of imidazole rings is 1. The van der Waals surface area contributed by atoms with E-state index in [1.807, 2.05) is 0 Å². The lowest BCUT2D eigenvalue weighted by Crippen LogP contribution is -2.42. The van der Waals surface area contributed by atoms with Gasteiger partial charge in [0.15, 0.2) is 23.1 Å². The molecule has 1 aromatic carbocycles. The highest BCUT2D eigenvalue weighted by atomic mass is 32.2. The highest BCUT2D eigenvalue weighted by Crippen LogP contribution is 2.58. The number of benzene rings is 1. The number of amides is 3. The molecule has 6 rings (SSSR count). The zero-order valence-electron chi connectivity index (χ0n) is 21.8. The van der Waals surface area contributed by atoms with Crippen LogP contribution in [0.4, 0.5) is 16.3 Å². The molecule has 2 aliphatic heterocycles. The van der Waals surface area contributed by atoms with E-state index in [2.05, 4.69) is 30.9 Å². The van der Waals surface area contributed by atoms with Crippen molar-refractivity contribution in [1.82, 2.24) is 29.1 Å². The first-order chi connectivity index (χ1) is 19.7. The van der Waals surface area contributed by atoms with E-state index < -0.39 is 51.9 Å². The molecule has 0 radical (unpaired) electrons. The SMILES string of the molecule is CCNC(=O)[C@H]1OC2(CC2n2cnc3c(NC(=O)Nc4cccc(S(=O)(=O)N5CC=CC5)c4)ncnc32)C(O)C1O. The third-order valence-electron chi connectivity index (χ3n) is 7.45. The second-order valence-electron chi connectivity index (χ2n) is 9.99. The van der Waals surface area contributed by atoms with E-state index in [9.17, 15) is 28.2 Å². The fourth-order valence-corrected chi connectivity index (χ4v) is 6.70. The number of likely N-dealkylation sites (N-methyl/N-ethyl adjacent to an activating group) is 1. The molecule has 3 aliphatic rings. The molecule has 15 nitrogen and oxygen atoms in total. The van der Waals surface area contributed by atoms with Gasteiger partial charge in [0.2, 0.25) is 10.0 Å². The van der Waals surface area contributed by atoms with Crippen LogP contribution < -0.4 is 16.0 Å². The van der Waals surface area contributed by atoms with Crippen molar-refractivity contribution >= 4 is 44.6 Å². The highest BCUT2D eigenvalue weighted by Gasteiger charge is 2.70. The molecule has 4 heterocycles. The van der Waals surface area contributed by atoms with Gasteiger partial charge in [-0.15, -0.1) is 0 Å². The van der Waals surface area contributed by atoms with Crippen molar-refractivity contribution < 1.29 is 33.0 Å². The average Bonchev–Trinajstić information content (AvgIpc) is 3.30. The number of anilines is 2. The van der Waals surface area contributed by atoms with E-state index in [1.54, 1.807) is 29.7 Å². The van der Waals surface area contributed by atoms with Crippen LogP contribution in [0.1, 0.15) is 19.4 Å². The minimum absolute atomic E-state index is 0.0522. The largest absolute Gasteiger partial charge is 0.387 e. The van der Waals surface area contributed by atoms with Crippen LogP contribution in [0.2, 0.25) is 0 Å². The Morgan fingerprint density at radius 3 is 2.68 bits per heavy atom. The number of hydrogen-bond acceptors (Lipinski definition) is 10. The van der Waals surface area contributed by atoms with Crippen LogP contribution in [0.3, 0.4) is 0 Å². The van der Waals surface area contributed by atoms with Gasteiger partial charge >= 0.3 is 6.03 Å². The van der Waals surface area contributed by atoms with Crippen LogP contribution in [0, 0.1) is 0 Å². The second-order valence-corrected chi connectivity index (χ2v) is 11.9.